The van der Waals surface area contributed by atoms with E-state index in [1.165, 1.54) is 18.6 Å². The van der Waals surface area contributed by atoms with Gasteiger partial charge in [0.05, 0.1) is 0 Å². The number of hydrogen-bond donors (Lipinski definition) is 2. The highest BCUT2D eigenvalue weighted by molar-refractivity contribution is 6.16. The average Bonchev–Trinajstić information content (AvgIpc) is 3.03. The summed E-state index contributed by atoms with van der Waals surface area (Å²) in [6, 6.07) is 11.3. The van der Waals surface area contributed by atoms with Gasteiger partial charge >= 0.3 is 6.03 Å². The summed E-state index contributed by atoms with van der Waals surface area (Å²) in [5.41, 5.74) is 2.48. The largest absolute Gasteiger partial charge is 0.371 e. The number of urea groups is 1. The van der Waals surface area contributed by atoms with Crippen LogP contribution in [0.2, 0.25) is 0 Å². The fourth-order valence-corrected chi connectivity index (χ4v) is 3.92. The molecule has 0 atom stereocenters. The zero-order chi connectivity index (χ0) is 22.7. The Bertz CT molecular complexity index is 1090. The number of carbonyl (C=O) groups excluding carboxylic acids is 3. The van der Waals surface area contributed by atoms with E-state index < -0.39 is 30.2 Å². The highest BCUT2D eigenvalue weighted by Gasteiger charge is 2.35. The molecule has 2 aromatic rings. The molecule has 2 aliphatic rings. The number of hydrogen-bond acceptors (Lipinski definition) is 4. The lowest BCUT2D eigenvalue weighted by Crippen LogP contribution is -2.38. The monoisotopic (exact) mass is 436 g/mol. The van der Waals surface area contributed by atoms with E-state index >= 15 is 0 Å². The van der Waals surface area contributed by atoms with E-state index in [-0.39, 0.29) is 11.3 Å². The summed E-state index contributed by atoms with van der Waals surface area (Å²) in [6.07, 6.45) is 4.65. The van der Waals surface area contributed by atoms with E-state index in [1.807, 2.05) is 19.1 Å². The second kappa shape index (κ2) is 9.21. The molecule has 4 rings (SSSR count). The van der Waals surface area contributed by atoms with Crippen LogP contribution in [0.15, 0.2) is 48.2 Å². The smallest absolute Gasteiger partial charge is 0.329 e. The molecule has 0 spiro atoms. The van der Waals surface area contributed by atoms with Crippen LogP contribution < -0.4 is 15.5 Å². The number of imide groups is 1. The minimum absolute atomic E-state index is 0.0667. The third-order valence-electron chi connectivity index (χ3n) is 5.57. The summed E-state index contributed by atoms with van der Waals surface area (Å²) in [5, 5.41) is 5.09. The summed E-state index contributed by atoms with van der Waals surface area (Å²) in [7, 11) is 0. The van der Waals surface area contributed by atoms with Crippen molar-refractivity contribution in [2.75, 3.05) is 29.9 Å². The van der Waals surface area contributed by atoms with Crippen LogP contribution in [0.4, 0.5) is 20.6 Å². The molecule has 32 heavy (non-hydrogen) atoms. The lowest BCUT2D eigenvalue weighted by Gasteiger charge is -2.28. The number of rotatable bonds is 5. The molecular weight excluding hydrogens is 411 g/mol. The van der Waals surface area contributed by atoms with Crippen molar-refractivity contribution in [2.45, 2.75) is 26.2 Å². The number of aryl methyl sites for hydroxylation is 1. The number of piperidine rings is 1. The summed E-state index contributed by atoms with van der Waals surface area (Å²) in [5.74, 6) is -1.65. The number of nitrogens with zero attached hydrogens (tertiary/aromatic N) is 2. The first-order valence-electron chi connectivity index (χ1n) is 10.7. The second-order valence-corrected chi connectivity index (χ2v) is 8.05. The van der Waals surface area contributed by atoms with Crippen LogP contribution >= 0.6 is 0 Å². The zero-order valence-electron chi connectivity index (χ0n) is 17.9. The van der Waals surface area contributed by atoms with Crippen molar-refractivity contribution in [3.05, 3.63) is 65.1 Å². The van der Waals surface area contributed by atoms with E-state index in [9.17, 15) is 18.8 Å². The molecular formula is C24H25FN4O3. The fourth-order valence-electron chi connectivity index (χ4n) is 3.92. The zero-order valence-corrected chi connectivity index (χ0v) is 17.9. The van der Waals surface area contributed by atoms with E-state index in [0.29, 0.717) is 5.69 Å². The molecule has 0 aliphatic carbocycles. The molecule has 2 heterocycles. The van der Waals surface area contributed by atoms with Gasteiger partial charge in [0, 0.05) is 30.0 Å². The van der Waals surface area contributed by atoms with Gasteiger partial charge in [-0.25, -0.2) is 14.1 Å². The van der Waals surface area contributed by atoms with E-state index in [1.54, 1.807) is 24.3 Å². The molecule has 2 aromatic carbocycles. The predicted octanol–water partition coefficient (Wildman–Crippen LogP) is 3.66. The van der Waals surface area contributed by atoms with Crippen molar-refractivity contribution in [2.24, 2.45) is 0 Å². The van der Waals surface area contributed by atoms with Crippen LogP contribution in [0, 0.1) is 12.7 Å². The third-order valence-corrected chi connectivity index (χ3v) is 5.57. The van der Waals surface area contributed by atoms with Gasteiger partial charge in [-0.3, -0.25) is 9.59 Å². The van der Waals surface area contributed by atoms with Gasteiger partial charge in [-0.05, 0) is 68.2 Å². The highest BCUT2D eigenvalue weighted by Crippen LogP contribution is 2.24. The molecule has 2 fully saturated rings. The van der Waals surface area contributed by atoms with E-state index in [2.05, 4.69) is 15.5 Å². The molecule has 2 N–H and O–H groups in total. The average molecular weight is 436 g/mol. The number of benzene rings is 2. The Labute approximate surface area is 185 Å². The molecule has 0 saturated carbocycles. The topological polar surface area (TPSA) is 81.8 Å². The van der Waals surface area contributed by atoms with Gasteiger partial charge in [0.15, 0.2) is 0 Å². The minimum atomic E-state index is -0.717. The van der Waals surface area contributed by atoms with E-state index in [4.69, 9.17) is 0 Å². The number of halogens is 1. The first kappa shape index (κ1) is 21.5. The molecule has 4 amide bonds. The molecule has 0 aromatic heterocycles. The van der Waals surface area contributed by atoms with Crippen LogP contribution in [0.1, 0.15) is 30.4 Å². The van der Waals surface area contributed by atoms with Gasteiger partial charge < -0.3 is 15.5 Å². The molecule has 7 nitrogen and oxygen atoms in total. The van der Waals surface area contributed by atoms with E-state index in [0.717, 1.165) is 42.1 Å². The first-order valence-corrected chi connectivity index (χ1v) is 10.7. The molecule has 0 radical (unpaired) electrons. The van der Waals surface area contributed by atoms with Crippen molar-refractivity contribution >= 4 is 35.3 Å². The number of anilines is 2. The van der Waals surface area contributed by atoms with Crippen molar-refractivity contribution < 1.29 is 18.8 Å². The van der Waals surface area contributed by atoms with Crippen molar-refractivity contribution in [3.8, 4) is 0 Å². The SMILES string of the molecule is Cc1cccc(NC(=O)CN2C(=O)N/C(=C/c3ccc(N4CCCCC4)cc3F)C2=O)c1. The lowest BCUT2D eigenvalue weighted by molar-refractivity contribution is -0.127. The standard InChI is InChI=1S/C24H25FN4O3/c1-16-6-5-7-18(12-16)26-22(30)15-29-23(31)21(27-24(29)32)13-17-8-9-19(14-20(17)25)28-10-3-2-4-11-28/h5-9,12-14H,2-4,10-11,15H2,1H3,(H,26,30)(H,27,32)/b21-13+. The Balaban J connectivity index is 1.44. The highest BCUT2D eigenvalue weighted by atomic mass is 19.1. The van der Waals surface area contributed by atoms with Gasteiger partial charge in [0.1, 0.15) is 18.1 Å². The summed E-state index contributed by atoms with van der Waals surface area (Å²) in [6.45, 7) is 3.25. The van der Waals surface area contributed by atoms with Gasteiger partial charge in [-0.1, -0.05) is 12.1 Å². The summed E-state index contributed by atoms with van der Waals surface area (Å²) in [4.78, 5) is 40.1. The molecule has 166 valence electrons. The van der Waals surface area contributed by atoms with Crippen molar-refractivity contribution in [1.82, 2.24) is 10.2 Å². The molecule has 0 unspecified atom stereocenters. The van der Waals surface area contributed by atoms with Crippen molar-refractivity contribution in [3.63, 3.8) is 0 Å². The number of carbonyl (C=O) groups is 3. The van der Waals surface area contributed by atoms with Gasteiger partial charge in [-0.15, -0.1) is 0 Å². The normalized spacial score (nSPS) is 17.6. The van der Waals surface area contributed by atoms with Crippen molar-refractivity contribution in [1.29, 1.82) is 0 Å². The molecule has 8 heteroatoms. The summed E-state index contributed by atoms with van der Waals surface area (Å²) < 4.78 is 14.7. The molecule has 0 bridgehead atoms. The van der Waals surface area contributed by atoms with Crippen LogP contribution in [0.25, 0.3) is 6.08 Å². The maximum atomic E-state index is 14.7. The Morgan fingerprint density at radius 2 is 1.91 bits per heavy atom. The van der Waals surface area contributed by atoms with Gasteiger partial charge in [-0.2, -0.15) is 0 Å². The lowest BCUT2D eigenvalue weighted by atomic mass is 10.1. The van der Waals surface area contributed by atoms with Gasteiger partial charge in [0.25, 0.3) is 5.91 Å². The third kappa shape index (κ3) is 4.80. The minimum Gasteiger partial charge on any atom is -0.371 e. The maximum Gasteiger partial charge on any atom is 0.329 e. The van der Waals surface area contributed by atoms with Crippen LogP contribution in [0.5, 0.6) is 0 Å². The summed E-state index contributed by atoms with van der Waals surface area (Å²) >= 11 is 0. The van der Waals surface area contributed by atoms with Crippen LogP contribution in [-0.2, 0) is 9.59 Å². The Kier molecular flexibility index (Phi) is 6.20. The Morgan fingerprint density at radius 1 is 1.12 bits per heavy atom. The predicted molar refractivity (Wildman–Crippen MR) is 120 cm³/mol. The quantitative estimate of drug-likeness (QED) is 0.554. The molecule has 2 saturated heterocycles. The van der Waals surface area contributed by atoms with Gasteiger partial charge in [0.2, 0.25) is 5.91 Å². The second-order valence-electron chi connectivity index (χ2n) is 8.05. The molecule has 2 aliphatic heterocycles. The Hall–Kier alpha value is -3.68. The fraction of sp³-hybridized carbons (Fsp3) is 0.292. The Morgan fingerprint density at radius 3 is 2.62 bits per heavy atom. The van der Waals surface area contributed by atoms with Crippen LogP contribution in [-0.4, -0.2) is 42.4 Å². The maximum absolute atomic E-state index is 14.7. The number of nitrogens with one attached hydrogen (secondary N) is 2. The number of amides is 4. The van der Waals surface area contributed by atoms with Crippen LogP contribution in [0.3, 0.4) is 0 Å². The first-order chi connectivity index (χ1) is 15.4.